The van der Waals surface area contributed by atoms with E-state index in [1.165, 1.54) is 12.8 Å². The molecule has 1 aliphatic heterocycles. The molecule has 0 spiro atoms. The number of halogens is 1. The lowest BCUT2D eigenvalue weighted by molar-refractivity contribution is 0.205. The molecule has 2 rings (SSSR count). The first-order valence-electron chi connectivity index (χ1n) is 5.19. The normalized spacial score (nSPS) is 31.9. The Hall–Kier alpha value is -1.05. The molecule has 0 saturated carbocycles. The van der Waals surface area contributed by atoms with Crippen molar-refractivity contribution in [2.45, 2.75) is 31.7 Å². The highest BCUT2D eigenvalue weighted by Gasteiger charge is 2.28. The van der Waals surface area contributed by atoms with Gasteiger partial charge in [0.05, 0.1) is 5.54 Å². The van der Waals surface area contributed by atoms with E-state index in [2.05, 4.69) is 24.1 Å². The van der Waals surface area contributed by atoms with Gasteiger partial charge >= 0.3 is 0 Å². The van der Waals surface area contributed by atoms with Gasteiger partial charge in [-0.2, -0.15) is 0 Å². The van der Waals surface area contributed by atoms with Gasteiger partial charge in [0.1, 0.15) is 5.83 Å². The van der Waals surface area contributed by atoms with E-state index in [-0.39, 0.29) is 11.4 Å². The third kappa shape index (κ3) is 1.74. The SMILES string of the molecule is CC1(N2C=CCCC2)C=CC(F)=CC1. The van der Waals surface area contributed by atoms with Crippen molar-refractivity contribution in [1.82, 2.24) is 4.90 Å². The molecule has 0 N–H and O–H groups in total. The summed E-state index contributed by atoms with van der Waals surface area (Å²) >= 11 is 0. The molecule has 0 fully saturated rings. The summed E-state index contributed by atoms with van der Waals surface area (Å²) in [5.74, 6) is -0.108. The van der Waals surface area contributed by atoms with Crippen molar-refractivity contribution in [3.8, 4) is 0 Å². The van der Waals surface area contributed by atoms with Crippen LogP contribution in [0.15, 0.2) is 36.3 Å². The molecule has 1 heterocycles. The molecule has 76 valence electrons. The minimum Gasteiger partial charge on any atom is -0.369 e. The minimum atomic E-state index is -0.108. The van der Waals surface area contributed by atoms with Gasteiger partial charge in [-0.15, -0.1) is 0 Å². The Morgan fingerprint density at radius 1 is 1.50 bits per heavy atom. The van der Waals surface area contributed by atoms with Crippen LogP contribution in [0, 0.1) is 0 Å². The maximum atomic E-state index is 12.8. The molecule has 1 unspecified atom stereocenters. The van der Waals surface area contributed by atoms with E-state index < -0.39 is 0 Å². The predicted octanol–water partition coefficient (Wildman–Crippen LogP) is 3.17. The van der Waals surface area contributed by atoms with Crippen LogP contribution in [0.5, 0.6) is 0 Å². The first kappa shape index (κ1) is 9.50. The molecule has 1 nitrogen and oxygen atoms in total. The first-order valence-corrected chi connectivity index (χ1v) is 5.19. The predicted molar refractivity (Wildman–Crippen MR) is 56.4 cm³/mol. The van der Waals surface area contributed by atoms with Gasteiger partial charge in [-0.05, 0) is 44.5 Å². The fourth-order valence-corrected chi connectivity index (χ4v) is 1.99. The molecule has 1 aliphatic carbocycles. The molecule has 0 aromatic carbocycles. The molecule has 1 atom stereocenters. The highest BCUT2D eigenvalue weighted by atomic mass is 19.1. The first-order chi connectivity index (χ1) is 6.71. The van der Waals surface area contributed by atoms with E-state index in [1.807, 2.05) is 6.08 Å². The van der Waals surface area contributed by atoms with Gasteiger partial charge < -0.3 is 4.90 Å². The number of hydrogen-bond acceptors (Lipinski definition) is 1. The van der Waals surface area contributed by atoms with Crippen LogP contribution in [0.3, 0.4) is 0 Å². The summed E-state index contributed by atoms with van der Waals surface area (Å²) < 4.78 is 12.8. The maximum Gasteiger partial charge on any atom is 0.119 e. The highest BCUT2D eigenvalue weighted by molar-refractivity contribution is 5.25. The number of rotatable bonds is 1. The van der Waals surface area contributed by atoms with E-state index in [0.717, 1.165) is 13.0 Å². The van der Waals surface area contributed by atoms with Crippen LogP contribution < -0.4 is 0 Å². The van der Waals surface area contributed by atoms with Crippen LogP contribution in [-0.4, -0.2) is 17.0 Å². The summed E-state index contributed by atoms with van der Waals surface area (Å²) in [5, 5.41) is 0. The lowest BCUT2D eigenvalue weighted by atomic mass is 9.90. The molecule has 0 aromatic heterocycles. The molecular formula is C12H16FN. The summed E-state index contributed by atoms with van der Waals surface area (Å²) in [5.41, 5.74) is -0.0213. The number of nitrogens with zero attached hydrogens (tertiary/aromatic N) is 1. The smallest absolute Gasteiger partial charge is 0.119 e. The van der Waals surface area contributed by atoms with Crippen LogP contribution in [0.25, 0.3) is 0 Å². The van der Waals surface area contributed by atoms with Crippen LogP contribution in [-0.2, 0) is 0 Å². The Morgan fingerprint density at radius 2 is 2.36 bits per heavy atom. The van der Waals surface area contributed by atoms with Crippen molar-refractivity contribution in [1.29, 1.82) is 0 Å². The second-order valence-electron chi connectivity index (χ2n) is 4.20. The van der Waals surface area contributed by atoms with E-state index in [1.54, 1.807) is 12.2 Å². The van der Waals surface area contributed by atoms with Crippen molar-refractivity contribution in [2.75, 3.05) is 6.54 Å². The molecule has 0 radical (unpaired) electrons. The van der Waals surface area contributed by atoms with E-state index in [0.29, 0.717) is 0 Å². The van der Waals surface area contributed by atoms with E-state index in [9.17, 15) is 4.39 Å². The Morgan fingerprint density at radius 3 is 2.93 bits per heavy atom. The van der Waals surface area contributed by atoms with Crippen molar-refractivity contribution in [3.63, 3.8) is 0 Å². The zero-order chi connectivity index (χ0) is 10.0. The van der Waals surface area contributed by atoms with Crippen molar-refractivity contribution >= 4 is 0 Å². The van der Waals surface area contributed by atoms with E-state index in [4.69, 9.17) is 0 Å². The molecule has 14 heavy (non-hydrogen) atoms. The zero-order valence-electron chi connectivity index (χ0n) is 8.54. The van der Waals surface area contributed by atoms with Crippen LogP contribution in [0.2, 0.25) is 0 Å². The minimum absolute atomic E-state index is 0.0213. The van der Waals surface area contributed by atoms with Gasteiger partial charge in [-0.1, -0.05) is 12.2 Å². The average Bonchev–Trinajstić information content (AvgIpc) is 2.24. The maximum absolute atomic E-state index is 12.8. The quantitative estimate of drug-likeness (QED) is 0.618. The second-order valence-corrected chi connectivity index (χ2v) is 4.20. The van der Waals surface area contributed by atoms with Gasteiger partial charge in [-0.25, -0.2) is 4.39 Å². The third-order valence-corrected chi connectivity index (χ3v) is 3.02. The highest BCUT2D eigenvalue weighted by Crippen LogP contribution is 2.29. The monoisotopic (exact) mass is 193 g/mol. The molecule has 0 bridgehead atoms. The molecular weight excluding hydrogens is 177 g/mol. The van der Waals surface area contributed by atoms with Gasteiger partial charge in [-0.3, -0.25) is 0 Å². The van der Waals surface area contributed by atoms with E-state index >= 15 is 0 Å². The molecule has 0 saturated heterocycles. The summed E-state index contributed by atoms with van der Waals surface area (Å²) in [6, 6.07) is 0. The molecule has 2 aliphatic rings. The van der Waals surface area contributed by atoms with Crippen LogP contribution >= 0.6 is 0 Å². The summed E-state index contributed by atoms with van der Waals surface area (Å²) in [6.45, 7) is 3.23. The summed E-state index contributed by atoms with van der Waals surface area (Å²) in [6.07, 6.45) is 12.7. The average molecular weight is 193 g/mol. The summed E-state index contributed by atoms with van der Waals surface area (Å²) in [7, 11) is 0. The lowest BCUT2D eigenvalue weighted by Crippen LogP contribution is -2.43. The van der Waals surface area contributed by atoms with Gasteiger partial charge in [0.15, 0.2) is 0 Å². The van der Waals surface area contributed by atoms with Crippen molar-refractivity contribution in [3.05, 3.63) is 36.3 Å². The lowest BCUT2D eigenvalue weighted by Gasteiger charge is -2.40. The second kappa shape index (κ2) is 3.60. The standard InChI is InChI=1S/C12H16FN/c1-12(7-5-11(13)6-8-12)14-9-3-2-4-10-14/h3,5-7,9H,2,4,8,10H2,1H3. The Bertz CT molecular complexity index is 303. The van der Waals surface area contributed by atoms with Crippen molar-refractivity contribution < 1.29 is 4.39 Å². The Kier molecular flexibility index (Phi) is 2.44. The summed E-state index contributed by atoms with van der Waals surface area (Å²) in [4.78, 5) is 2.30. The van der Waals surface area contributed by atoms with Crippen molar-refractivity contribution in [2.24, 2.45) is 0 Å². The van der Waals surface area contributed by atoms with Crippen LogP contribution in [0.4, 0.5) is 4.39 Å². The zero-order valence-corrected chi connectivity index (χ0v) is 8.54. The molecule has 2 heteroatoms. The topological polar surface area (TPSA) is 3.24 Å². The molecule has 0 amide bonds. The van der Waals surface area contributed by atoms with Gasteiger partial charge in [0.25, 0.3) is 0 Å². The number of allylic oxidation sites excluding steroid dienone is 3. The number of hydrogen-bond donors (Lipinski definition) is 0. The van der Waals surface area contributed by atoms with Gasteiger partial charge in [0, 0.05) is 6.54 Å². The Labute approximate surface area is 84.6 Å². The fourth-order valence-electron chi connectivity index (χ4n) is 1.99. The third-order valence-electron chi connectivity index (χ3n) is 3.02. The largest absolute Gasteiger partial charge is 0.369 e. The fraction of sp³-hybridized carbons (Fsp3) is 0.500. The van der Waals surface area contributed by atoms with Gasteiger partial charge in [0.2, 0.25) is 0 Å². The van der Waals surface area contributed by atoms with Crippen LogP contribution in [0.1, 0.15) is 26.2 Å². The Balaban J connectivity index is 2.13. The molecule has 0 aromatic rings.